The third-order valence-electron chi connectivity index (χ3n) is 0.982. The highest BCUT2D eigenvalue weighted by Crippen LogP contribution is 2.13. The highest BCUT2D eigenvalue weighted by Gasteiger charge is 2.06. The van der Waals surface area contributed by atoms with Crippen molar-refractivity contribution < 1.29 is 8.42 Å². The highest BCUT2D eigenvalue weighted by molar-refractivity contribution is 7.90. The van der Waals surface area contributed by atoms with Crippen LogP contribution in [0.4, 0.5) is 5.82 Å². The van der Waals surface area contributed by atoms with Gasteiger partial charge in [0.2, 0.25) is 0 Å². The summed E-state index contributed by atoms with van der Waals surface area (Å²) in [6, 6.07) is 1.58. The number of hydrogen-bond donors (Lipinski definition) is 1. The van der Waals surface area contributed by atoms with Crippen LogP contribution in [0.1, 0.15) is 4.88 Å². The molecule has 62 valence electrons. The molecule has 0 aliphatic carbocycles. The SMILES string of the molecule is CS(=O)(=O)Cc1cc(N)ns1. The topological polar surface area (TPSA) is 73.0 Å². The summed E-state index contributed by atoms with van der Waals surface area (Å²) in [7, 11) is -2.95. The summed E-state index contributed by atoms with van der Waals surface area (Å²) >= 11 is 1.12. The number of anilines is 1. The van der Waals surface area contributed by atoms with Gasteiger partial charge >= 0.3 is 0 Å². The Morgan fingerprint density at radius 1 is 1.73 bits per heavy atom. The van der Waals surface area contributed by atoms with Gasteiger partial charge in [-0.2, -0.15) is 4.37 Å². The molecule has 1 aromatic heterocycles. The molecule has 6 heteroatoms. The fourth-order valence-corrected chi connectivity index (χ4v) is 2.56. The third kappa shape index (κ3) is 2.85. The number of nitrogens with zero attached hydrogens (tertiary/aromatic N) is 1. The smallest absolute Gasteiger partial charge is 0.152 e. The quantitative estimate of drug-likeness (QED) is 0.730. The van der Waals surface area contributed by atoms with E-state index in [2.05, 4.69) is 4.37 Å². The minimum atomic E-state index is -2.95. The van der Waals surface area contributed by atoms with Gasteiger partial charge in [-0.15, -0.1) is 0 Å². The Morgan fingerprint density at radius 2 is 2.36 bits per heavy atom. The zero-order valence-electron chi connectivity index (χ0n) is 5.94. The summed E-state index contributed by atoms with van der Waals surface area (Å²) in [5.41, 5.74) is 5.30. The van der Waals surface area contributed by atoms with Crippen LogP contribution in [0, 0.1) is 0 Å². The average Bonchev–Trinajstić information content (AvgIpc) is 2.10. The largest absolute Gasteiger partial charge is 0.383 e. The molecule has 0 saturated carbocycles. The lowest BCUT2D eigenvalue weighted by molar-refractivity contribution is 0.601. The van der Waals surface area contributed by atoms with Crippen molar-refractivity contribution in [2.24, 2.45) is 0 Å². The van der Waals surface area contributed by atoms with Gasteiger partial charge in [0.1, 0.15) is 5.82 Å². The number of sulfone groups is 1. The van der Waals surface area contributed by atoms with Gasteiger partial charge in [-0.05, 0) is 17.6 Å². The maximum absolute atomic E-state index is 10.7. The van der Waals surface area contributed by atoms with Crippen molar-refractivity contribution in [3.63, 3.8) is 0 Å². The highest BCUT2D eigenvalue weighted by atomic mass is 32.2. The molecule has 1 aromatic rings. The maximum Gasteiger partial charge on any atom is 0.152 e. The van der Waals surface area contributed by atoms with Gasteiger partial charge in [0.25, 0.3) is 0 Å². The molecule has 2 N–H and O–H groups in total. The van der Waals surface area contributed by atoms with Crippen molar-refractivity contribution in [3.8, 4) is 0 Å². The number of rotatable bonds is 2. The summed E-state index contributed by atoms with van der Waals surface area (Å²) < 4.78 is 25.3. The van der Waals surface area contributed by atoms with Gasteiger partial charge in [0.05, 0.1) is 5.75 Å². The van der Waals surface area contributed by atoms with E-state index < -0.39 is 9.84 Å². The molecule has 0 spiro atoms. The molecule has 0 aliphatic rings. The molecular formula is C5H8N2O2S2. The molecule has 0 aliphatic heterocycles. The van der Waals surface area contributed by atoms with E-state index in [1.165, 1.54) is 6.26 Å². The molecule has 0 fully saturated rings. The van der Waals surface area contributed by atoms with E-state index in [0.717, 1.165) is 11.5 Å². The van der Waals surface area contributed by atoms with Gasteiger partial charge in [-0.1, -0.05) is 0 Å². The zero-order chi connectivity index (χ0) is 8.48. The van der Waals surface area contributed by atoms with Crippen molar-refractivity contribution in [1.82, 2.24) is 4.37 Å². The standard InChI is InChI=1S/C5H8N2O2S2/c1-11(8,9)3-4-2-5(6)7-10-4/h2H,3H2,1H3,(H2,6,7). The fraction of sp³-hybridized carbons (Fsp3) is 0.400. The molecule has 1 heterocycles. The van der Waals surface area contributed by atoms with Gasteiger partial charge in [0.15, 0.2) is 9.84 Å². The summed E-state index contributed by atoms with van der Waals surface area (Å²) in [5, 5.41) is 0. The van der Waals surface area contributed by atoms with E-state index >= 15 is 0 Å². The molecule has 11 heavy (non-hydrogen) atoms. The Hall–Kier alpha value is -0.620. The van der Waals surface area contributed by atoms with Crippen LogP contribution >= 0.6 is 11.5 Å². The second kappa shape index (κ2) is 2.78. The first-order chi connectivity index (χ1) is 4.97. The second-order valence-corrected chi connectivity index (χ2v) is 5.32. The van der Waals surface area contributed by atoms with E-state index in [9.17, 15) is 8.42 Å². The minimum absolute atomic E-state index is 0.0296. The van der Waals surface area contributed by atoms with Crippen molar-refractivity contribution in [2.45, 2.75) is 5.75 Å². The van der Waals surface area contributed by atoms with Gasteiger partial charge in [0, 0.05) is 11.1 Å². The van der Waals surface area contributed by atoms with E-state index in [1.54, 1.807) is 6.07 Å². The number of nitrogen functional groups attached to an aromatic ring is 1. The van der Waals surface area contributed by atoms with Gasteiger partial charge in [-0.3, -0.25) is 0 Å². The Morgan fingerprint density at radius 3 is 2.73 bits per heavy atom. The lowest BCUT2D eigenvalue weighted by Crippen LogP contribution is -1.98. The van der Waals surface area contributed by atoms with Crippen LogP contribution in [0.25, 0.3) is 0 Å². The summed E-state index contributed by atoms with van der Waals surface area (Å²) in [5.74, 6) is 0.413. The molecule has 0 unspecified atom stereocenters. The van der Waals surface area contributed by atoms with Crippen LogP contribution < -0.4 is 5.73 Å². The molecule has 4 nitrogen and oxygen atoms in total. The predicted octanol–water partition coefficient (Wildman–Crippen LogP) is 0.270. The van der Waals surface area contributed by atoms with Crippen molar-refractivity contribution >= 4 is 27.2 Å². The summed E-state index contributed by atoms with van der Waals surface area (Å²) in [6.45, 7) is 0. The molecule has 0 saturated heterocycles. The maximum atomic E-state index is 10.7. The lowest BCUT2D eigenvalue weighted by atomic mass is 10.5. The Balaban J connectivity index is 2.81. The fourth-order valence-electron chi connectivity index (χ4n) is 0.655. The van der Waals surface area contributed by atoms with Crippen molar-refractivity contribution in [1.29, 1.82) is 0 Å². The molecule has 0 atom stereocenters. The van der Waals surface area contributed by atoms with Gasteiger partial charge in [-0.25, -0.2) is 8.42 Å². The zero-order valence-corrected chi connectivity index (χ0v) is 7.58. The van der Waals surface area contributed by atoms with Crippen LogP contribution in [-0.2, 0) is 15.6 Å². The predicted molar refractivity (Wildman–Crippen MR) is 45.1 cm³/mol. The van der Waals surface area contributed by atoms with Crippen LogP contribution in [0.3, 0.4) is 0 Å². The average molecular weight is 192 g/mol. The Labute approximate surface area is 69.1 Å². The van der Waals surface area contributed by atoms with Crippen molar-refractivity contribution in [2.75, 3.05) is 12.0 Å². The van der Waals surface area contributed by atoms with Crippen LogP contribution in [-0.4, -0.2) is 19.0 Å². The first-order valence-electron chi connectivity index (χ1n) is 2.86. The number of aromatic nitrogens is 1. The normalized spacial score (nSPS) is 11.7. The molecule has 0 bridgehead atoms. The van der Waals surface area contributed by atoms with Crippen LogP contribution in [0.5, 0.6) is 0 Å². The van der Waals surface area contributed by atoms with E-state index in [0.29, 0.717) is 10.7 Å². The van der Waals surface area contributed by atoms with E-state index in [1.807, 2.05) is 0 Å². The molecule has 1 rings (SSSR count). The second-order valence-electron chi connectivity index (χ2n) is 2.29. The number of hydrogen-bond acceptors (Lipinski definition) is 5. The Bertz CT molecular complexity index is 341. The van der Waals surface area contributed by atoms with E-state index in [4.69, 9.17) is 5.73 Å². The van der Waals surface area contributed by atoms with E-state index in [-0.39, 0.29) is 5.75 Å². The minimum Gasteiger partial charge on any atom is -0.383 e. The summed E-state index contributed by atoms with van der Waals surface area (Å²) in [4.78, 5) is 0.685. The third-order valence-corrected chi connectivity index (χ3v) is 2.80. The molecular weight excluding hydrogens is 184 g/mol. The molecule has 0 aromatic carbocycles. The van der Waals surface area contributed by atoms with Crippen molar-refractivity contribution in [3.05, 3.63) is 10.9 Å². The molecule has 0 radical (unpaired) electrons. The van der Waals surface area contributed by atoms with Gasteiger partial charge < -0.3 is 5.73 Å². The first-order valence-corrected chi connectivity index (χ1v) is 5.69. The lowest BCUT2D eigenvalue weighted by Gasteiger charge is -1.90. The molecule has 0 amide bonds. The Kier molecular flexibility index (Phi) is 2.15. The number of nitrogens with two attached hydrogens (primary N) is 1. The first kappa shape index (κ1) is 8.48. The summed E-state index contributed by atoms with van der Waals surface area (Å²) in [6.07, 6.45) is 1.18. The van der Waals surface area contributed by atoms with Crippen LogP contribution in [0.15, 0.2) is 6.07 Å². The monoisotopic (exact) mass is 192 g/mol. The van der Waals surface area contributed by atoms with Crippen LogP contribution in [0.2, 0.25) is 0 Å².